The van der Waals surface area contributed by atoms with E-state index in [4.69, 9.17) is 0 Å². The predicted octanol–water partition coefficient (Wildman–Crippen LogP) is 4.15. The number of anilines is 1. The molecular weight excluding hydrogens is 332 g/mol. The molecule has 0 aliphatic carbocycles. The van der Waals surface area contributed by atoms with Crippen LogP contribution < -0.4 is 5.32 Å². The minimum atomic E-state index is -0.916. The Hall–Kier alpha value is -1.86. The van der Waals surface area contributed by atoms with E-state index >= 15 is 0 Å². The Labute approximate surface area is 144 Å². The van der Waals surface area contributed by atoms with Gasteiger partial charge in [0.05, 0.1) is 12.2 Å². The first-order chi connectivity index (χ1) is 11.5. The summed E-state index contributed by atoms with van der Waals surface area (Å²) in [5.74, 6) is -1.93. The molecule has 2 rings (SSSR count). The third kappa shape index (κ3) is 5.07. The lowest BCUT2D eigenvalue weighted by Gasteiger charge is -2.19. The molecule has 1 amide bonds. The highest BCUT2D eigenvalue weighted by Gasteiger charge is 2.13. The van der Waals surface area contributed by atoms with E-state index in [0.717, 1.165) is 38.1 Å². The number of halogens is 2. The molecule has 4 nitrogen and oxygen atoms in total. The molecule has 1 aromatic carbocycles. The summed E-state index contributed by atoms with van der Waals surface area (Å²) < 4.78 is 26.3. The van der Waals surface area contributed by atoms with Gasteiger partial charge in [-0.05, 0) is 44.1 Å². The minimum absolute atomic E-state index is 0.122. The first-order valence-electron chi connectivity index (χ1n) is 7.96. The van der Waals surface area contributed by atoms with Crippen LogP contribution in [0.2, 0.25) is 0 Å². The van der Waals surface area contributed by atoms with Crippen molar-refractivity contribution in [3.05, 3.63) is 35.2 Å². The van der Waals surface area contributed by atoms with Crippen molar-refractivity contribution in [3.63, 3.8) is 0 Å². The normalized spacial score (nSPS) is 11.0. The van der Waals surface area contributed by atoms with Crippen molar-refractivity contribution < 1.29 is 13.6 Å². The second kappa shape index (κ2) is 8.84. The standard InChI is InChI=1S/C17H21F2N3OS/c1-3-7-22(8-4-2)10-16(23)21-17-20-15(11-24-17)12-5-6-13(18)14(19)9-12/h5-6,9,11H,3-4,7-8,10H2,1-2H3,(H,20,21,23). The summed E-state index contributed by atoms with van der Waals surface area (Å²) in [5.41, 5.74) is 0.984. The Morgan fingerprint density at radius 2 is 1.92 bits per heavy atom. The van der Waals surface area contributed by atoms with Gasteiger partial charge in [-0.3, -0.25) is 9.69 Å². The van der Waals surface area contributed by atoms with E-state index in [1.807, 2.05) is 0 Å². The Morgan fingerprint density at radius 1 is 1.21 bits per heavy atom. The average Bonchev–Trinajstić information content (AvgIpc) is 2.99. The van der Waals surface area contributed by atoms with Crippen LogP contribution in [0.4, 0.5) is 13.9 Å². The second-order valence-corrected chi connectivity index (χ2v) is 6.35. The number of carbonyl (C=O) groups is 1. The number of benzene rings is 1. The van der Waals surface area contributed by atoms with Crippen LogP contribution in [-0.2, 0) is 4.79 Å². The fourth-order valence-electron chi connectivity index (χ4n) is 2.38. The van der Waals surface area contributed by atoms with Gasteiger partial charge < -0.3 is 5.32 Å². The summed E-state index contributed by atoms with van der Waals surface area (Å²) in [4.78, 5) is 18.5. The predicted molar refractivity (Wildman–Crippen MR) is 93.1 cm³/mol. The summed E-state index contributed by atoms with van der Waals surface area (Å²) in [6, 6.07) is 3.62. The first-order valence-corrected chi connectivity index (χ1v) is 8.84. The van der Waals surface area contributed by atoms with E-state index in [9.17, 15) is 13.6 Å². The molecule has 1 heterocycles. The molecule has 0 fully saturated rings. The largest absolute Gasteiger partial charge is 0.301 e. The zero-order valence-electron chi connectivity index (χ0n) is 13.8. The lowest BCUT2D eigenvalue weighted by atomic mass is 10.2. The summed E-state index contributed by atoms with van der Waals surface area (Å²) in [6.07, 6.45) is 1.98. The van der Waals surface area contributed by atoms with Gasteiger partial charge in [-0.15, -0.1) is 11.3 Å². The number of thiazole rings is 1. The van der Waals surface area contributed by atoms with E-state index in [2.05, 4.69) is 29.0 Å². The smallest absolute Gasteiger partial charge is 0.240 e. The molecule has 0 spiro atoms. The Morgan fingerprint density at radius 3 is 2.54 bits per heavy atom. The van der Waals surface area contributed by atoms with Crippen LogP contribution in [0.3, 0.4) is 0 Å². The van der Waals surface area contributed by atoms with Crippen LogP contribution in [0.25, 0.3) is 11.3 Å². The lowest BCUT2D eigenvalue weighted by molar-refractivity contribution is -0.117. The number of amides is 1. The maximum atomic E-state index is 13.3. The number of nitrogens with zero attached hydrogens (tertiary/aromatic N) is 2. The van der Waals surface area contributed by atoms with Crippen molar-refractivity contribution >= 4 is 22.4 Å². The third-order valence-electron chi connectivity index (χ3n) is 3.41. The van der Waals surface area contributed by atoms with E-state index in [-0.39, 0.29) is 5.91 Å². The fourth-order valence-corrected chi connectivity index (χ4v) is 3.12. The molecule has 7 heteroatoms. The summed E-state index contributed by atoms with van der Waals surface area (Å²) in [6.45, 7) is 6.23. The molecule has 0 aliphatic heterocycles. The summed E-state index contributed by atoms with van der Waals surface area (Å²) >= 11 is 1.26. The number of nitrogens with one attached hydrogen (secondary N) is 1. The number of hydrogen-bond acceptors (Lipinski definition) is 4. The van der Waals surface area contributed by atoms with Gasteiger partial charge in [0.2, 0.25) is 5.91 Å². The van der Waals surface area contributed by atoms with E-state index in [0.29, 0.717) is 22.9 Å². The molecule has 0 saturated heterocycles. The molecular formula is C17H21F2N3OS. The number of rotatable bonds is 8. The first kappa shape index (κ1) is 18.5. The van der Waals surface area contributed by atoms with Crippen LogP contribution in [0.15, 0.2) is 23.6 Å². The topological polar surface area (TPSA) is 45.2 Å². The van der Waals surface area contributed by atoms with Crippen LogP contribution in [0, 0.1) is 11.6 Å². The van der Waals surface area contributed by atoms with Crippen LogP contribution in [0.5, 0.6) is 0 Å². The Kier molecular flexibility index (Phi) is 6.81. The second-order valence-electron chi connectivity index (χ2n) is 5.49. The van der Waals surface area contributed by atoms with Crippen molar-refractivity contribution in [2.24, 2.45) is 0 Å². The van der Waals surface area contributed by atoms with Gasteiger partial charge in [0, 0.05) is 10.9 Å². The number of hydrogen-bond donors (Lipinski definition) is 1. The van der Waals surface area contributed by atoms with E-state index in [1.165, 1.54) is 17.4 Å². The molecule has 0 atom stereocenters. The maximum absolute atomic E-state index is 13.3. The molecule has 24 heavy (non-hydrogen) atoms. The van der Waals surface area contributed by atoms with Crippen molar-refractivity contribution in [2.75, 3.05) is 25.0 Å². The van der Waals surface area contributed by atoms with Crippen LogP contribution in [0.1, 0.15) is 26.7 Å². The molecule has 0 saturated carbocycles. The maximum Gasteiger partial charge on any atom is 0.240 e. The number of aromatic nitrogens is 1. The van der Waals surface area contributed by atoms with Gasteiger partial charge in [-0.25, -0.2) is 13.8 Å². The lowest BCUT2D eigenvalue weighted by Crippen LogP contribution is -2.34. The molecule has 0 aliphatic rings. The van der Waals surface area contributed by atoms with E-state index < -0.39 is 11.6 Å². The van der Waals surface area contributed by atoms with Crippen molar-refractivity contribution in [1.29, 1.82) is 0 Å². The highest BCUT2D eigenvalue weighted by molar-refractivity contribution is 7.14. The van der Waals surface area contributed by atoms with Gasteiger partial charge in [0.1, 0.15) is 0 Å². The molecule has 0 bridgehead atoms. The molecule has 0 radical (unpaired) electrons. The minimum Gasteiger partial charge on any atom is -0.301 e. The number of carbonyl (C=O) groups excluding carboxylic acids is 1. The van der Waals surface area contributed by atoms with Crippen molar-refractivity contribution in [1.82, 2.24) is 9.88 Å². The third-order valence-corrected chi connectivity index (χ3v) is 4.17. The van der Waals surface area contributed by atoms with Crippen LogP contribution >= 0.6 is 11.3 Å². The van der Waals surface area contributed by atoms with Gasteiger partial charge >= 0.3 is 0 Å². The highest BCUT2D eigenvalue weighted by atomic mass is 32.1. The molecule has 1 N–H and O–H groups in total. The van der Waals surface area contributed by atoms with Gasteiger partial charge in [0.15, 0.2) is 16.8 Å². The quantitative estimate of drug-likeness (QED) is 0.775. The average molecular weight is 353 g/mol. The Bertz CT molecular complexity index is 684. The molecule has 130 valence electrons. The van der Waals surface area contributed by atoms with Gasteiger partial charge in [-0.1, -0.05) is 13.8 Å². The van der Waals surface area contributed by atoms with Crippen molar-refractivity contribution in [3.8, 4) is 11.3 Å². The molecule has 1 aromatic heterocycles. The van der Waals surface area contributed by atoms with Gasteiger partial charge in [-0.2, -0.15) is 0 Å². The fraction of sp³-hybridized carbons (Fsp3) is 0.412. The van der Waals surface area contributed by atoms with E-state index in [1.54, 1.807) is 5.38 Å². The monoisotopic (exact) mass is 353 g/mol. The molecule has 2 aromatic rings. The van der Waals surface area contributed by atoms with Crippen molar-refractivity contribution in [2.45, 2.75) is 26.7 Å². The zero-order valence-corrected chi connectivity index (χ0v) is 14.6. The zero-order chi connectivity index (χ0) is 17.5. The highest BCUT2D eigenvalue weighted by Crippen LogP contribution is 2.26. The van der Waals surface area contributed by atoms with Crippen LogP contribution in [-0.4, -0.2) is 35.4 Å². The summed E-state index contributed by atoms with van der Waals surface area (Å²) in [5, 5.41) is 4.92. The molecule has 0 unspecified atom stereocenters. The Balaban J connectivity index is 2.00. The van der Waals surface area contributed by atoms with Gasteiger partial charge in [0.25, 0.3) is 0 Å². The SMILES string of the molecule is CCCN(CCC)CC(=O)Nc1nc(-c2ccc(F)c(F)c2)cs1. The summed E-state index contributed by atoms with van der Waals surface area (Å²) in [7, 11) is 0.